The molecule has 4 rings (SSSR count). The molecule has 0 saturated heterocycles. The van der Waals surface area contributed by atoms with E-state index in [2.05, 4.69) is 31.8 Å². The molecule has 1 unspecified atom stereocenters. The zero-order valence-electron chi connectivity index (χ0n) is 20.2. The number of hydrogen-bond acceptors (Lipinski definition) is 7. The number of aromatic nitrogens is 5. The van der Waals surface area contributed by atoms with Gasteiger partial charge in [0.25, 0.3) is 5.91 Å². The Morgan fingerprint density at radius 2 is 2.08 bits per heavy atom. The van der Waals surface area contributed by atoms with Crippen LogP contribution in [0.4, 0.5) is 15.8 Å². The Bertz CT molecular complexity index is 1430. The molecule has 1 amide bonds. The number of carbonyl (C=O) groups excluding carboxylic acids is 1. The number of nitrogens with one attached hydrogen (secondary N) is 2. The number of fused-ring (bicyclic) bond motifs is 1. The Morgan fingerprint density at radius 3 is 2.81 bits per heavy atom. The maximum absolute atomic E-state index is 14.2. The molecule has 11 heteroatoms. The van der Waals surface area contributed by atoms with E-state index in [1.54, 1.807) is 33.8 Å². The number of alkyl halides is 1. The molecule has 10 nitrogen and oxygen atoms in total. The van der Waals surface area contributed by atoms with Gasteiger partial charge in [0.15, 0.2) is 0 Å². The molecule has 0 bridgehead atoms. The van der Waals surface area contributed by atoms with Crippen molar-refractivity contribution in [2.24, 2.45) is 0 Å². The number of amides is 1. The summed E-state index contributed by atoms with van der Waals surface area (Å²) >= 11 is 0. The van der Waals surface area contributed by atoms with Crippen molar-refractivity contribution in [3.63, 3.8) is 0 Å². The fourth-order valence-corrected chi connectivity index (χ4v) is 3.59. The Morgan fingerprint density at radius 1 is 1.28 bits per heavy atom. The minimum Gasteiger partial charge on any atom is -0.387 e. The Balaban J connectivity index is 1.69. The lowest BCUT2D eigenvalue weighted by Gasteiger charge is -2.22. The molecule has 0 aliphatic carbocycles. The third-order valence-corrected chi connectivity index (χ3v) is 5.61. The summed E-state index contributed by atoms with van der Waals surface area (Å²) in [4.78, 5) is 21.8. The van der Waals surface area contributed by atoms with E-state index in [0.29, 0.717) is 28.4 Å². The van der Waals surface area contributed by atoms with Crippen molar-refractivity contribution in [3.8, 4) is 11.9 Å². The van der Waals surface area contributed by atoms with Gasteiger partial charge in [0.05, 0.1) is 40.8 Å². The Kier molecular flexibility index (Phi) is 6.98. The number of anilines is 2. The predicted molar refractivity (Wildman–Crippen MR) is 133 cm³/mol. The molecule has 3 N–H and O–H groups in total. The van der Waals surface area contributed by atoms with E-state index in [0.717, 1.165) is 18.4 Å². The van der Waals surface area contributed by atoms with Gasteiger partial charge in [-0.15, -0.1) is 0 Å². The van der Waals surface area contributed by atoms with Crippen molar-refractivity contribution in [1.82, 2.24) is 29.6 Å². The van der Waals surface area contributed by atoms with Crippen LogP contribution in [0.3, 0.4) is 0 Å². The average Bonchev–Trinajstić information content (AvgIpc) is 3.48. The van der Waals surface area contributed by atoms with E-state index < -0.39 is 17.7 Å². The van der Waals surface area contributed by atoms with Gasteiger partial charge in [-0.25, -0.2) is 14.4 Å². The van der Waals surface area contributed by atoms with Crippen LogP contribution in [0.2, 0.25) is 0 Å². The molecular formula is C25H27FN8O2. The van der Waals surface area contributed by atoms with Gasteiger partial charge in [0.1, 0.15) is 23.7 Å². The van der Waals surface area contributed by atoms with Crippen LogP contribution in [0.25, 0.3) is 16.9 Å². The number of halogens is 1. The summed E-state index contributed by atoms with van der Waals surface area (Å²) in [5.41, 5.74) is 0.764. The van der Waals surface area contributed by atoms with Gasteiger partial charge in [-0.3, -0.25) is 14.0 Å². The molecule has 1 atom stereocenters. The van der Waals surface area contributed by atoms with Crippen LogP contribution in [-0.2, 0) is 6.54 Å². The first-order valence-corrected chi connectivity index (χ1v) is 11.5. The predicted octanol–water partition coefficient (Wildman–Crippen LogP) is 3.48. The van der Waals surface area contributed by atoms with Crippen LogP contribution in [0.15, 0.2) is 49.2 Å². The lowest BCUT2D eigenvalue weighted by Crippen LogP contribution is -2.42. The Hall–Kier alpha value is -4.30. The minimum absolute atomic E-state index is 0.195. The van der Waals surface area contributed by atoms with Crippen LogP contribution in [0, 0.1) is 11.3 Å². The number of rotatable bonds is 9. The van der Waals surface area contributed by atoms with Gasteiger partial charge in [-0.2, -0.15) is 10.4 Å². The number of aliphatic hydroxyl groups is 1. The van der Waals surface area contributed by atoms with Crippen LogP contribution < -0.4 is 10.6 Å². The van der Waals surface area contributed by atoms with Gasteiger partial charge in [0, 0.05) is 42.8 Å². The number of pyridine rings is 2. The number of aryl methyl sites for hydroxylation is 1. The van der Waals surface area contributed by atoms with Gasteiger partial charge in [-0.1, -0.05) is 6.92 Å². The highest BCUT2D eigenvalue weighted by molar-refractivity contribution is 6.00. The third kappa shape index (κ3) is 5.34. The zero-order valence-corrected chi connectivity index (χ0v) is 20.2. The van der Waals surface area contributed by atoms with E-state index in [9.17, 15) is 14.3 Å². The Labute approximate surface area is 207 Å². The molecule has 36 heavy (non-hydrogen) atoms. The SMILES string of the molecule is CCCn1cc(Nc2cc(-n3ccc4cc(C#N)cnc43)ncc2C(=O)NCC(F)C(C)(C)O)cn1. The van der Waals surface area contributed by atoms with Crippen molar-refractivity contribution in [3.05, 3.63) is 60.3 Å². The van der Waals surface area contributed by atoms with Crippen LogP contribution in [0.5, 0.6) is 0 Å². The van der Waals surface area contributed by atoms with E-state index in [4.69, 9.17) is 5.26 Å². The highest BCUT2D eigenvalue weighted by atomic mass is 19.1. The third-order valence-electron chi connectivity index (χ3n) is 5.61. The summed E-state index contributed by atoms with van der Waals surface area (Å²) in [7, 11) is 0. The van der Waals surface area contributed by atoms with E-state index in [1.807, 2.05) is 19.2 Å². The molecule has 0 saturated carbocycles. The second kappa shape index (κ2) is 10.1. The number of nitriles is 1. The molecular weight excluding hydrogens is 463 g/mol. The first-order chi connectivity index (χ1) is 17.2. The molecule has 0 aliphatic heterocycles. The van der Waals surface area contributed by atoms with Gasteiger partial charge < -0.3 is 15.7 Å². The summed E-state index contributed by atoms with van der Waals surface area (Å²) in [6, 6.07) is 7.32. The lowest BCUT2D eigenvalue weighted by atomic mass is 10.0. The van der Waals surface area contributed by atoms with E-state index in [1.165, 1.54) is 26.2 Å². The fourth-order valence-electron chi connectivity index (χ4n) is 3.59. The fraction of sp³-hybridized carbons (Fsp3) is 0.320. The molecule has 4 heterocycles. The van der Waals surface area contributed by atoms with Crippen molar-refractivity contribution >= 4 is 28.3 Å². The zero-order chi connectivity index (χ0) is 25.9. The molecule has 0 fully saturated rings. The highest BCUT2D eigenvalue weighted by Crippen LogP contribution is 2.25. The normalized spacial score (nSPS) is 12.3. The number of carbonyl (C=O) groups is 1. The molecule has 4 aromatic rings. The summed E-state index contributed by atoms with van der Waals surface area (Å²) in [5.74, 6) is -0.0550. The first-order valence-electron chi connectivity index (χ1n) is 11.5. The van der Waals surface area contributed by atoms with Crippen LogP contribution >= 0.6 is 0 Å². The molecule has 0 aromatic carbocycles. The lowest BCUT2D eigenvalue weighted by molar-refractivity contribution is -0.00177. The van der Waals surface area contributed by atoms with Gasteiger partial charge >= 0.3 is 0 Å². The number of nitrogens with zero attached hydrogens (tertiary/aromatic N) is 6. The molecule has 0 radical (unpaired) electrons. The van der Waals surface area contributed by atoms with E-state index in [-0.39, 0.29) is 12.1 Å². The van der Waals surface area contributed by atoms with Crippen molar-refractivity contribution in [2.45, 2.75) is 45.5 Å². The largest absolute Gasteiger partial charge is 0.387 e. The van der Waals surface area contributed by atoms with Gasteiger partial charge in [-0.05, 0) is 32.4 Å². The monoisotopic (exact) mass is 490 g/mol. The van der Waals surface area contributed by atoms with Gasteiger partial charge in [0.2, 0.25) is 0 Å². The second-order valence-corrected chi connectivity index (χ2v) is 8.97. The smallest absolute Gasteiger partial charge is 0.255 e. The summed E-state index contributed by atoms with van der Waals surface area (Å²) in [6.07, 6.45) is 7.41. The highest BCUT2D eigenvalue weighted by Gasteiger charge is 2.27. The van der Waals surface area contributed by atoms with Crippen LogP contribution in [-0.4, -0.2) is 53.6 Å². The molecule has 0 aliphatic rings. The van der Waals surface area contributed by atoms with Crippen molar-refractivity contribution in [1.29, 1.82) is 5.26 Å². The van der Waals surface area contributed by atoms with Crippen molar-refractivity contribution < 1.29 is 14.3 Å². The number of hydrogen-bond donors (Lipinski definition) is 3. The quantitative estimate of drug-likeness (QED) is 0.327. The molecule has 186 valence electrons. The minimum atomic E-state index is -1.65. The summed E-state index contributed by atoms with van der Waals surface area (Å²) < 4.78 is 17.8. The maximum Gasteiger partial charge on any atom is 0.255 e. The molecule has 4 aromatic heterocycles. The first kappa shape index (κ1) is 24.8. The molecule has 0 spiro atoms. The average molecular weight is 491 g/mol. The van der Waals surface area contributed by atoms with E-state index >= 15 is 0 Å². The standard InChI is InChI=1S/C25H27FN8O2/c1-4-6-33-15-18(12-31-33)32-20-9-22(34-7-5-17-8-16(10-27)11-29-23(17)34)28-13-19(20)24(35)30-14-21(26)25(2,3)36/h5,7-9,11-13,15,21,36H,4,6,14H2,1-3H3,(H,28,32)(H,30,35). The second-order valence-electron chi connectivity index (χ2n) is 8.97. The topological polar surface area (TPSA) is 134 Å². The maximum atomic E-state index is 14.2. The summed E-state index contributed by atoms with van der Waals surface area (Å²) in [5, 5.41) is 29.8. The summed E-state index contributed by atoms with van der Waals surface area (Å²) in [6.45, 7) is 5.13. The van der Waals surface area contributed by atoms with Crippen molar-refractivity contribution in [2.75, 3.05) is 11.9 Å². The van der Waals surface area contributed by atoms with Crippen LogP contribution in [0.1, 0.15) is 43.1 Å².